The van der Waals surface area contributed by atoms with Gasteiger partial charge in [-0.1, -0.05) is 23.7 Å². The van der Waals surface area contributed by atoms with Crippen molar-refractivity contribution in [2.24, 2.45) is 0 Å². The Morgan fingerprint density at radius 3 is 2.36 bits per heavy atom. The predicted molar refractivity (Wildman–Crippen MR) is 95.5 cm³/mol. The van der Waals surface area contributed by atoms with Crippen LogP contribution in [0.25, 0.3) is 0 Å². The molecule has 1 heterocycles. The van der Waals surface area contributed by atoms with Gasteiger partial charge in [-0.15, -0.1) is 0 Å². The Balaban J connectivity index is 1.49. The fraction of sp³-hybridized carbons (Fsp3) is 0.105. The first kappa shape index (κ1) is 16.9. The van der Waals surface area contributed by atoms with E-state index in [0.29, 0.717) is 35.4 Å². The smallest absolute Gasteiger partial charge is 0.291 e. The number of anilines is 1. The molecule has 0 atom stereocenters. The van der Waals surface area contributed by atoms with E-state index >= 15 is 0 Å². The summed E-state index contributed by atoms with van der Waals surface area (Å²) in [4.78, 5) is 12.0. The summed E-state index contributed by atoms with van der Waals surface area (Å²) >= 11 is 5.90. The van der Waals surface area contributed by atoms with Gasteiger partial charge < -0.3 is 19.2 Å². The standard InChI is InChI=1S/C19H16ClNO4/c20-14-4-1-6-16(12-14)23-10-11-24-17-7-2-5-15(13-17)21-19(22)18-8-3-9-25-18/h1-9,12-13H,10-11H2,(H,21,22). The lowest BCUT2D eigenvalue weighted by Gasteiger charge is -2.10. The topological polar surface area (TPSA) is 60.7 Å². The Bertz CT molecular complexity index is 833. The van der Waals surface area contributed by atoms with E-state index in [4.69, 9.17) is 25.5 Å². The monoisotopic (exact) mass is 357 g/mol. The zero-order chi connectivity index (χ0) is 17.5. The molecule has 25 heavy (non-hydrogen) atoms. The molecule has 0 saturated carbocycles. The van der Waals surface area contributed by atoms with Gasteiger partial charge in [0.15, 0.2) is 5.76 Å². The van der Waals surface area contributed by atoms with Crippen LogP contribution in [0.5, 0.6) is 11.5 Å². The average molecular weight is 358 g/mol. The number of halogens is 1. The van der Waals surface area contributed by atoms with Gasteiger partial charge in [-0.25, -0.2) is 0 Å². The molecule has 1 aromatic heterocycles. The SMILES string of the molecule is O=C(Nc1cccc(OCCOc2cccc(Cl)c2)c1)c1ccco1. The fourth-order valence-corrected chi connectivity index (χ4v) is 2.32. The molecule has 0 bridgehead atoms. The average Bonchev–Trinajstić information content (AvgIpc) is 3.14. The van der Waals surface area contributed by atoms with Crippen LogP contribution in [-0.2, 0) is 0 Å². The van der Waals surface area contributed by atoms with E-state index in [2.05, 4.69) is 5.32 Å². The Labute approximate surface area is 150 Å². The molecule has 3 aromatic rings. The zero-order valence-corrected chi connectivity index (χ0v) is 14.0. The van der Waals surface area contributed by atoms with Gasteiger partial charge in [-0.05, 0) is 42.5 Å². The lowest BCUT2D eigenvalue weighted by molar-refractivity contribution is 0.0996. The maximum absolute atomic E-state index is 12.0. The molecule has 0 unspecified atom stereocenters. The normalized spacial score (nSPS) is 10.3. The summed E-state index contributed by atoms with van der Waals surface area (Å²) < 4.78 is 16.3. The van der Waals surface area contributed by atoms with Crippen molar-refractivity contribution in [1.82, 2.24) is 0 Å². The fourth-order valence-electron chi connectivity index (χ4n) is 2.14. The highest BCUT2D eigenvalue weighted by atomic mass is 35.5. The number of carbonyl (C=O) groups excluding carboxylic acids is 1. The highest BCUT2D eigenvalue weighted by molar-refractivity contribution is 6.30. The van der Waals surface area contributed by atoms with Crippen molar-refractivity contribution in [3.05, 3.63) is 77.7 Å². The second-order valence-electron chi connectivity index (χ2n) is 5.11. The number of hydrogen-bond donors (Lipinski definition) is 1. The minimum Gasteiger partial charge on any atom is -0.490 e. The molecule has 0 fully saturated rings. The van der Waals surface area contributed by atoms with Crippen molar-refractivity contribution in [2.45, 2.75) is 0 Å². The lowest BCUT2D eigenvalue weighted by atomic mass is 10.3. The summed E-state index contributed by atoms with van der Waals surface area (Å²) in [6.45, 7) is 0.741. The highest BCUT2D eigenvalue weighted by Gasteiger charge is 2.09. The minimum absolute atomic E-state index is 0.251. The van der Waals surface area contributed by atoms with Crippen LogP contribution in [0.4, 0.5) is 5.69 Å². The molecule has 2 aromatic carbocycles. The molecule has 0 saturated heterocycles. The summed E-state index contributed by atoms with van der Waals surface area (Å²) in [5.41, 5.74) is 0.620. The van der Waals surface area contributed by atoms with Crippen molar-refractivity contribution in [3.63, 3.8) is 0 Å². The molecule has 0 aliphatic carbocycles. The first-order valence-corrected chi connectivity index (χ1v) is 8.04. The number of amides is 1. The van der Waals surface area contributed by atoms with E-state index in [1.165, 1.54) is 6.26 Å². The third kappa shape index (κ3) is 5.02. The van der Waals surface area contributed by atoms with Crippen molar-refractivity contribution in [2.75, 3.05) is 18.5 Å². The van der Waals surface area contributed by atoms with E-state index in [1.807, 2.05) is 18.2 Å². The van der Waals surface area contributed by atoms with E-state index in [-0.39, 0.29) is 11.7 Å². The van der Waals surface area contributed by atoms with E-state index in [9.17, 15) is 4.79 Å². The Hall–Kier alpha value is -2.92. The van der Waals surface area contributed by atoms with Crippen LogP contribution in [0.2, 0.25) is 5.02 Å². The van der Waals surface area contributed by atoms with E-state index in [0.717, 1.165) is 0 Å². The molecule has 0 spiro atoms. The summed E-state index contributed by atoms with van der Waals surface area (Å²) in [5.74, 6) is 1.26. The quantitative estimate of drug-likeness (QED) is 0.625. The number of rotatable bonds is 7. The lowest BCUT2D eigenvalue weighted by Crippen LogP contribution is -2.11. The molecule has 0 radical (unpaired) electrons. The molecule has 0 aliphatic heterocycles. The second kappa shape index (κ2) is 8.26. The summed E-state index contributed by atoms with van der Waals surface area (Å²) in [6.07, 6.45) is 1.45. The number of carbonyl (C=O) groups is 1. The highest BCUT2D eigenvalue weighted by Crippen LogP contribution is 2.19. The molecule has 1 amide bonds. The third-order valence-corrected chi connectivity index (χ3v) is 3.49. The predicted octanol–water partition coefficient (Wildman–Crippen LogP) is 4.64. The maximum Gasteiger partial charge on any atom is 0.291 e. The van der Waals surface area contributed by atoms with Gasteiger partial charge in [0.05, 0.1) is 6.26 Å². The summed E-state index contributed by atoms with van der Waals surface area (Å²) in [5, 5.41) is 3.37. The number of nitrogens with one attached hydrogen (secondary N) is 1. The van der Waals surface area contributed by atoms with Gasteiger partial charge in [0.1, 0.15) is 24.7 Å². The number of hydrogen-bond acceptors (Lipinski definition) is 4. The van der Waals surface area contributed by atoms with Crippen molar-refractivity contribution < 1.29 is 18.7 Å². The van der Waals surface area contributed by atoms with Gasteiger partial charge in [0.2, 0.25) is 0 Å². The van der Waals surface area contributed by atoms with Crippen LogP contribution in [0.1, 0.15) is 10.6 Å². The Kier molecular flexibility index (Phi) is 5.59. The number of furan rings is 1. The van der Waals surface area contributed by atoms with Crippen LogP contribution >= 0.6 is 11.6 Å². The summed E-state index contributed by atoms with van der Waals surface area (Å²) in [7, 11) is 0. The first-order valence-electron chi connectivity index (χ1n) is 7.67. The van der Waals surface area contributed by atoms with Gasteiger partial charge in [0, 0.05) is 16.8 Å². The Morgan fingerprint density at radius 1 is 0.960 bits per heavy atom. The molecular formula is C19H16ClNO4. The third-order valence-electron chi connectivity index (χ3n) is 3.25. The molecule has 6 heteroatoms. The van der Waals surface area contributed by atoms with Crippen LogP contribution in [-0.4, -0.2) is 19.1 Å². The largest absolute Gasteiger partial charge is 0.490 e. The number of benzene rings is 2. The maximum atomic E-state index is 12.0. The van der Waals surface area contributed by atoms with Crippen LogP contribution in [0, 0.1) is 0 Å². The molecule has 5 nitrogen and oxygen atoms in total. The zero-order valence-electron chi connectivity index (χ0n) is 13.3. The van der Waals surface area contributed by atoms with Crippen molar-refractivity contribution in [3.8, 4) is 11.5 Å². The second-order valence-corrected chi connectivity index (χ2v) is 5.55. The van der Waals surface area contributed by atoms with E-state index < -0.39 is 0 Å². The van der Waals surface area contributed by atoms with Gasteiger partial charge in [-0.3, -0.25) is 4.79 Å². The van der Waals surface area contributed by atoms with Gasteiger partial charge >= 0.3 is 0 Å². The first-order chi connectivity index (χ1) is 12.2. The Morgan fingerprint density at radius 2 is 1.68 bits per heavy atom. The molecule has 3 rings (SSSR count). The van der Waals surface area contributed by atoms with E-state index in [1.54, 1.807) is 42.5 Å². The van der Waals surface area contributed by atoms with Crippen LogP contribution in [0.15, 0.2) is 71.3 Å². The van der Waals surface area contributed by atoms with Crippen molar-refractivity contribution in [1.29, 1.82) is 0 Å². The van der Waals surface area contributed by atoms with Crippen LogP contribution in [0.3, 0.4) is 0 Å². The van der Waals surface area contributed by atoms with Crippen molar-refractivity contribution >= 4 is 23.2 Å². The van der Waals surface area contributed by atoms with Crippen LogP contribution < -0.4 is 14.8 Å². The molecular weight excluding hydrogens is 342 g/mol. The molecule has 128 valence electrons. The molecule has 1 N–H and O–H groups in total. The van der Waals surface area contributed by atoms with Gasteiger partial charge in [-0.2, -0.15) is 0 Å². The minimum atomic E-state index is -0.313. The van der Waals surface area contributed by atoms with Gasteiger partial charge in [0.25, 0.3) is 5.91 Å². The summed E-state index contributed by atoms with van der Waals surface area (Å²) in [6, 6.07) is 17.6. The molecule has 0 aliphatic rings. The number of ether oxygens (including phenoxy) is 2.